The van der Waals surface area contributed by atoms with Gasteiger partial charge in [-0.05, 0) is 20.8 Å². The van der Waals surface area contributed by atoms with E-state index in [1.165, 1.54) is 0 Å². The molecule has 0 bridgehead atoms. The van der Waals surface area contributed by atoms with E-state index in [4.69, 9.17) is 0 Å². The van der Waals surface area contributed by atoms with E-state index in [2.05, 4.69) is 20.8 Å². The number of halogens is 1. The second-order valence-corrected chi connectivity index (χ2v) is 8.20. The number of amides is 1. The van der Waals surface area contributed by atoms with Crippen LogP contribution < -0.4 is 10.6 Å². The Balaban J connectivity index is 0.00000220. The van der Waals surface area contributed by atoms with Gasteiger partial charge in [-0.2, -0.15) is 5.10 Å². The third-order valence-electron chi connectivity index (χ3n) is 3.28. The average molecular weight is 335 g/mol. The molecule has 120 valence electrons. The van der Waals surface area contributed by atoms with Gasteiger partial charge in [0.25, 0.3) is 5.91 Å². The molecule has 1 aromatic heterocycles. The van der Waals surface area contributed by atoms with Crippen LogP contribution in [0.3, 0.4) is 0 Å². The summed E-state index contributed by atoms with van der Waals surface area (Å²) in [7, 11) is -0.958. The number of hydrogen-bond donors (Lipinski definition) is 3. The van der Waals surface area contributed by atoms with Gasteiger partial charge in [-0.3, -0.25) is 14.1 Å². The van der Waals surface area contributed by atoms with E-state index >= 15 is 0 Å². The maximum absolute atomic E-state index is 12.1. The number of aromatic amines is 1. The Morgan fingerprint density at radius 1 is 1.43 bits per heavy atom. The lowest BCUT2D eigenvalue weighted by molar-refractivity contribution is 0.0950. The summed E-state index contributed by atoms with van der Waals surface area (Å²) in [5.74, 6) is 0.261. The zero-order valence-electron chi connectivity index (χ0n) is 12.6. The van der Waals surface area contributed by atoms with Crippen LogP contribution in [0.15, 0.2) is 0 Å². The van der Waals surface area contributed by atoms with Crippen LogP contribution in [-0.2, 0) is 23.8 Å². The molecule has 1 aliphatic heterocycles. The van der Waals surface area contributed by atoms with Gasteiger partial charge in [-0.25, -0.2) is 0 Å². The van der Waals surface area contributed by atoms with E-state index < -0.39 is 10.8 Å². The highest BCUT2D eigenvalue weighted by molar-refractivity contribution is 7.86. The number of nitrogens with one attached hydrogen (secondary N) is 3. The fourth-order valence-corrected chi connectivity index (χ4v) is 2.96. The highest BCUT2D eigenvalue weighted by Crippen LogP contribution is 2.15. The standard InChI is InChI=1S/C13H22N4O2S.ClH/c1-13(2,3)20(19)7-6-15-12(18)11-9-8-14-5-4-10(9)16-17-11;/h14H,4-8H2,1-3H3,(H,15,18)(H,16,17);1H. The molecule has 1 atom stereocenters. The third kappa shape index (κ3) is 4.52. The number of carbonyl (C=O) groups is 1. The van der Waals surface area contributed by atoms with Crippen molar-refractivity contribution in [3.05, 3.63) is 17.0 Å². The van der Waals surface area contributed by atoms with Gasteiger partial charge in [0.1, 0.15) is 0 Å². The van der Waals surface area contributed by atoms with Gasteiger partial charge < -0.3 is 10.6 Å². The van der Waals surface area contributed by atoms with Gasteiger partial charge in [0.05, 0.1) is 0 Å². The Kier molecular flexibility index (Phi) is 6.37. The van der Waals surface area contributed by atoms with Crippen molar-refractivity contribution in [2.45, 2.75) is 38.5 Å². The molecule has 0 radical (unpaired) electrons. The zero-order chi connectivity index (χ0) is 14.8. The lowest BCUT2D eigenvalue weighted by Gasteiger charge is -2.17. The maximum Gasteiger partial charge on any atom is 0.272 e. The first-order valence-corrected chi connectivity index (χ1v) is 8.15. The summed E-state index contributed by atoms with van der Waals surface area (Å²) in [5.41, 5.74) is 2.44. The lowest BCUT2D eigenvalue weighted by Crippen LogP contribution is -2.33. The molecule has 1 amide bonds. The van der Waals surface area contributed by atoms with E-state index in [0.717, 1.165) is 24.2 Å². The molecule has 21 heavy (non-hydrogen) atoms. The SMILES string of the molecule is CC(C)(C)S(=O)CCNC(=O)c1n[nH]c2c1CNCC2.Cl. The molecule has 3 N–H and O–H groups in total. The largest absolute Gasteiger partial charge is 0.350 e. The molecule has 0 aliphatic carbocycles. The van der Waals surface area contributed by atoms with Crippen molar-refractivity contribution >= 4 is 29.1 Å². The normalized spacial score (nSPS) is 15.8. The number of fused-ring (bicyclic) bond motifs is 1. The quantitative estimate of drug-likeness (QED) is 0.758. The van der Waals surface area contributed by atoms with Gasteiger partial charge in [0, 0.05) is 58.6 Å². The van der Waals surface area contributed by atoms with E-state index in [1.807, 2.05) is 20.8 Å². The molecule has 6 nitrogen and oxygen atoms in total. The molecule has 2 rings (SSSR count). The van der Waals surface area contributed by atoms with Crippen molar-refractivity contribution in [3.63, 3.8) is 0 Å². The van der Waals surface area contributed by atoms with Crippen LogP contribution in [0.2, 0.25) is 0 Å². The first-order valence-electron chi connectivity index (χ1n) is 6.83. The lowest BCUT2D eigenvalue weighted by atomic mass is 10.1. The van der Waals surface area contributed by atoms with Gasteiger partial charge in [0.15, 0.2) is 5.69 Å². The van der Waals surface area contributed by atoms with E-state index in [9.17, 15) is 9.00 Å². The Bertz CT molecular complexity index is 525. The van der Waals surface area contributed by atoms with Gasteiger partial charge >= 0.3 is 0 Å². The molecule has 1 aliphatic rings. The second kappa shape index (κ2) is 7.38. The van der Waals surface area contributed by atoms with Crippen molar-refractivity contribution < 1.29 is 9.00 Å². The summed E-state index contributed by atoms with van der Waals surface area (Å²) >= 11 is 0. The monoisotopic (exact) mass is 334 g/mol. The molecular weight excluding hydrogens is 312 g/mol. The van der Waals surface area contributed by atoms with Crippen molar-refractivity contribution in [2.24, 2.45) is 0 Å². The van der Waals surface area contributed by atoms with Crippen LogP contribution in [0, 0.1) is 0 Å². The minimum absolute atomic E-state index is 0. The average Bonchev–Trinajstić information content (AvgIpc) is 2.81. The van der Waals surface area contributed by atoms with Crippen molar-refractivity contribution in [3.8, 4) is 0 Å². The van der Waals surface area contributed by atoms with Crippen LogP contribution >= 0.6 is 12.4 Å². The Labute approximate surface area is 133 Å². The van der Waals surface area contributed by atoms with Crippen molar-refractivity contribution in [1.82, 2.24) is 20.8 Å². The fraction of sp³-hybridized carbons (Fsp3) is 0.692. The molecule has 1 aromatic rings. The first kappa shape index (κ1) is 18.1. The summed E-state index contributed by atoms with van der Waals surface area (Å²) in [6.45, 7) is 7.77. The summed E-state index contributed by atoms with van der Waals surface area (Å²) < 4.78 is 11.6. The molecule has 0 saturated heterocycles. The van der Waals surface area contributed by atoms with E-state index in [-0.39, 0.29) is 23.1 Å². The Morgan fingerprint density at radius 2 is 2.14 bits per heavy atom. The molecule has 1 unspecified atom stereocenters. The number of hydrogen-bond acceptors (Lipinski definition) is 4. The minimum atomic E-state index is -0.958. The van der Waals surface area contributed by atoms with Crippen LogP contribution in [0.4, 0.5) is 0 Å². The van der Waals surface area contributed by atoms with Gasteiger partial charge in [-0.15, -0.1) is 12.4 Å². The smallest absolute Gasteiger partial charge is 0.272 e. The minimum Gasteiger partial charge on any atom is -0.350 e. The molecule has 2 heterocycles. The topological polar surface area (TPSA) is 86.9 Å². The van der Waals surface area contributed by atoms with E-state index in [0.29, 0.717) is 24.5 Å². The fourth-order valence-electron chi connectivity index (χ4n) is 2.06. The Hall–Kier alpha value is -0.920. The molecular formula is C13H23ClN4O2S. The van der Waals surface area contributed by atoms with E-state index in [1.54, 1.807) is 0 Å². The van der Waals surface area contributed by atoms with Crippen LogP contribution in [0.25, 0.3) is 0 Å². The third-order valence-corrected chi connectivity index (χ3v) is 5.22. The maximum atomic E-state index is 12.1. The zero-order valence-corrected chi connectivity index (χ0v) is 14.2. The van der Waals surface area contributed by atoms with Gasteiger partial charge in [-0.1, -0.05) is 0 Å². The van der Waals surface area contributed by atoms with Gasteiger partial charge in [0.2, 0.25) is 0 Å². The first-order chi connectivity index (χ1) is 9.39. The summed E-state index contributed by atoms with van der Waals surface area (Å²) in [6.07, 6.45) is 0.865. The predicted molar refractivity (Wildman–Crippen MR) is 86.3 cm³/mol. The second-order valence-electron chi connectivity index (χ2n) is 5.87. The summed E-state index contributed by atoms with van der Waals surface area (Å²) in [6, 6.07) is 0. The highest BCUT2D eigenvalue weighted by Gasteiger charge is 2.22. The van der Waals surface area contributed by atoms with Crippen LogP contribution in [0.1, 0.15) is 42.5 Å². The molecule has 0 saturated carbocycles. The highest BCUT2D eigenvalue weighted by atomic mass is 35.5. The number of nitrogens with zero attached hydrogens (tertiary/aromatic N) is 1. The molecule has 0 spiro atoms. The number of aromatic nitrogens is 2. The number of rotatable bonds is 4. The van der Waals surface area contributed by atoms with Crippen molar-refractivity contribution in [1.29, 1.82) is 0 Å². The molecule has 0 fully saturated rings. The Morgan fingerprint density at radius 3 is 2.81 bits per heavy atom. The summed E-state index contributed by atoms with van der Waals surface area (Å²) in [4.78, 5) is 12.1. The number of carbonyl (C=O) groups excluding carboxylic acids is 1. The van der Waals surface area contributed by atoms with Crippen LogP contribution in [0.5, 0.6) is 0 Å². The summed E-state index contributed by atoms with van der Waals surface area (Å²) in [5, 5.41) is 13.0. The predicted octanol–water partition coefficient (Wildman–Crippen LogP) is 0.754. The van der Waals surface area contributed by atoms with Crippen molar-refractivity contribution in [2.75, 3.05) is 18.8 Å². The molecule has 0 aromatic carbocycles. The van der Waals surface area contributed by atoms with Crippen LogP contribution in [-0.4, -0.2) is 43.9 Å². The number of H-pyrrole nitrogens is 1. The molecule has 8 heteroatoms.